The van der Waals surface area contributed by atoms with Gasteiger partial charge in [0.2, 0.25) is 5.89 Å². The molecule has 3 atom stereocenters. The molecule has 0 spiro atoms. The van der Waals surface area contributed by atoms with Crippen LogP contribution in [0.2, 0.25) is 0 Å². The molecule has 7 heteroatoms. The predicted molar refractivity (Wildman–Crippen MR) is 78.0 cm³/mol. The number of nitrogens with zero attached hydrogens (tertiary/aromatic N) is 3. The summed E-state index contributed by atoms with van der Waals surface area (Å²) >= 11 is 2.00. The topological polar surface area (TPSA) is 54.2 Å². The highest BCUT2D eigenvalue weighted by molar-refractivity contribution is 7.99. The van der Waals surface area contributed by atoms with Crippen LogP contribution in [0.4, 0.5) is 10.4 Å². The van der Waals surface area contributed by atoms with Crippen LogP contribution >= 0.6 is 11.8 Å². The van der Waals surface area contributed by atoms with Crippen LogP contribution in [0.5, 0.6) is 0 Å². The van der Waals surface area contributed by atoms with Gasteiger partial charge in [0.05, 0.1) is 6.54 Å². The molecule has 0 radical (unpaired) electrons. The first-order chi connectivity index (χ1) is 9.72. The van der Waals surface area contributed by atoms with Crippen molar-refractivity contribution in [3.8, 4) is 0 Å². The smallest absolute Gasteiger partial charge is 0.318 e. The zero-order chi connectivity index (χ0) is 13.9. The Labute approximate surface area is 122 Å². The Morgan fingerprint density at radius 1 is 1.50 bits per heavy atom. The molecule has 5 nitrogen and oxygen atoms in total. The van der Waals surface area contributed by atoms with Gasteiger partial charge in [0.1, 0.15) is 6.17 Å². The highest BCUT2D eigenvalue weighted by atomic mass is 32.2. The first kappa shape index (κ1) is 14.1. The van der Waals surface area contributed by atoms with Gasteiger partial charge < -0.3 is 14.6 Å². The third-order valence-electron chi connectivity index (χ3n) is 3.93. The fraction of sp³-hybridized carbons (Fsp3) is 0.846. The minimum absolute atomic E-state index is 0.108. The van der Waals surface area contributed by atoms with Gasteiger partial charge in [-0.15, -0.1) is 5.10 Å². The van der Waals surface area contributed by atoms with Gasteiger partial charge in [-0.1, -0.05) is 5.10 Å². The number of aryl methyl sites for hydroxylation is 1. The van der Waals surface area contributed by atoms with Gasteiger partial charge in [-0.3, -0.25) is 0 Å². The predicted octanol–water partition coefficient (Wildman–Crippen LogP) is 1.78. The maximum atomic E-state index is 13.7. The van der Waals surface area contributed by atoms with Crippen LogP contribution < -0.4 is 10.2 Å². The summed E-state index contributed by atoms with van der Waals surface area (Å²) in [4.78, 5) is 1.91. The molecular weight excluding hydrogens is 279 g/mol. The van der Waals surface area contributed by atoms with E-state index in [4.69, 9.17) is 4.42 Å². The molecule has 1 aromatic heterocycles. The standard InChI is InChI=1S/C13H21FN4OS/c1-9-16-17-13(19-9)18-7-10(14)5-12(18)6-15-11-3-2-4-20-8-11/h10-12,15H,2-8H2,1H3/t10-,11-,12-/m0/s1. The number of anilines is 1. The molecule has 0 amide bonds. The Kier molecular flexibility index (Phi) is 4.45. The number of aromatic nitrogens is 2. The monoisotopic (exact) mass is 300 g/mol. The lowest BCUT2D eigenvalue weighted by molar-refractivity contribution is 0.352. The van der Waals surface area contributed by atoms with Crippen molar-refractivity contribution in [1.29, 1.82) is 0 Å². The van der Waals surface area contributed by atoms with Gasteiger partial charge in [0.25, 0.3) is 0 Å². The van der Waals surface area contributed by atoms with Crippen molar-refractivity contribution < 1.29 is 8.81 Å². The number of thioether (sulfide) groups is 1. The number of rotatable bonds is 4. The minimum Gasteiger partial charge on any atom is -0.408 e. The molecule has 2 aliphatic rings. The lowest BCUT2D eigenvalue weighted by atomic mass is 10.1. The number of alkyl halides is 1. The summed E-state index contributed by atoms with van der Waals surface area (Å²) in [5, 5.41) is 11.4. The second kappa shape index (κ2) is 6.30. The molecule has 1 aromatic rings. The molecule has 3 rings (SSSR count). The molecule has 20 heavy (non-hydrogen) atoms. The average molecular weight is 300 g/mol. The molecule has 1 N–H and O–H groups in total. The van der Waals surface area contributed by atoms with Crippen molar-refractivity contribution in [1.82, 2.24) is 15.5 Å². The molecule has 3 heterocycles. The van der Waals surface area contributed by atoms with E-state index >= 15 is 0 Å². The Bertz CT molecular complexity index is 438. The highest BCUT2D eigenvalue weighted by Gasteiger charge is 2.35. The molecule has 0 unspecified atom stereocenters. The van der Waals surface area contributed by atoms with Crippen molar-refractivity contribution >= 4 is 17.8 Å². The van der Waals surface area contributed by atoms with Crippen molar-refractivity contribution in [2.24, 2.45) is 0 Å². The van der Waals surface area contributed by atoms with Crippen LogP contribution in [0.15, 0.2) is 4.42 Å². The number of hydrogen-bond donors (Lipinski definition) is 1. The Morgan fingerprint density at radius 3 is 3.10 bits per heavy atom. The summed E-state index contributed by atoms with van der Waals surface area (Å²) < 4.78 is 19.2. The third kappa shape index (κ3) is 3.25. The SMILES string of the molecule is Cc1nnc(N2C[C@@H](F)C[C@H]2CN[C@H]2CCCSC2)o1. The van der Waals surface area contributed by atoms with Crippen LogP contribution in [-0.2, 0) is 0 Å². The van der Waals surface area contributed by atoms with E-state index in [1.165, 1.54) is 18.6 Å². The highest BCUT2D eigenvalue weighted by Crippen LogP contribution is 2.26. The molecular formula is C13H21FN4OS. The van der Waals surface area contributed by atoms with Crippen molar-refractivity contribution in [2.75, 3.05) is 29.5 Å². The van der Waals surface area contributed by atoms with Crippen molar-refractivity contribution in [2.45, 2.75) is 44.4 Å². The van der Waals surface area contributed by atoms with E-state index in [0.717, 1.165) is 12.3 Å². The van der Waals surface area contributed by atoms with Crippen LogP contribution in [0, 0.1) is 6.92 Å². The second-order valence-corrected chi connectivity index (χ2v) is 6.71. The lowest BCUT2D eigenvalue weighted by Gasteiger charge is -2.27. The quantitative estimate of drug-likeness (QED) is 0.915. The number of hydrogen-bond acceptors (Lipinski definition) is 6. The summed E-state index contributed by atoms with van der Waals surface area (Å²) in [6, 6.07) is 1.11. The number of nitrogens with one attached hydrogen (secondary N) is 1. The van der Waals surface area contributed by atoms with Crippen LogP contribution in [0.1, 0.15) is 25.2 Å². The van der Waals surface area contributed by atoms with E-state index in [1.54, 1.807) is 6.92 Å². The minimum atomic E-state index is -0.810. The second-order valence-electron chi connectivity index (χ2n) is 5.57. The summed E-state index contributed by atoms with van der Waals surface area (Å²) in [6.07, 6.45) is 2.22. The van der Waals surface area contributed by atoms with Crippen molar-refractivity contribution in [3.63, 3.8) is 0 Å². The lowest BCUT2D eigenvalue weighted by Crippen LogP contribution is -2.43. The molecule has 2 aliphatic heterocycles. The fourth-order valence-electron chi connectivity index (χ4n) is 2.89. The van der Waals surface area contributed by atoms with E-state index in [2.05, 4.69) is 15.5 Å². The zero-order valence-corrected chi connectivity index (χ0v) is 12.5. The molecule has 0 saturated carbocycles. The molecule has 112 valence electrons. The summed E-state index contributed by atoms with van der Waals surface area (Å²) in [5.41, 5.74) is 0. The molecule has 0 bridgehead atoms. The third-order valence-corrected chi connectivity index (χ3v) is 5.14. The van der Waals surface area contributed by atoms with E-state index in [1.807, 2.05) is 16.7 Å². The Balaban J connectivity index is 1.58. The Morgan fingerprint density at radius 2 is 2.40 bits per heavy atom. The fourth-order valence-corrected chi connectivity index (χ4v) is 4.00. The van der Waals surface area contributed by atoms with Gasteiger partial charge >= 0.3 is 6.01 Å². The van der Waals surface area contributed by atoms with E-state index < -0.39 is 6.17 Å². The van der Waals surface area contributed by atoms with Crippen LogP contribution in [0.25, 0.3) is 0 Å². The maximum absolute atomic E-state index is 13.7. The van der Waals surface area contributed by atoms with Gasteiger partial charge in [-0.2, -0.15) is 11.8 Å². The van der Waals surface area contributed by atoms with Crippen LogP contribution in [0.3, 0.4) is 0 Å². The van der Waals surface area contributed by atoms with Gasteiger partial charge in [0, 0.05) is 37.7 Å². The molecule has 0 aromatic carbocycles. The average Bonchev–Trinajstić information content (AvgIpc) is 3.03. The largest absolute Gasteiger partial charge is 0.408 e. The molecule has 2 saturated heterocycles. The Hall–Kier alpha value is -0.820. The van der Waals surface area contributed by atoms with Crippen molar-refractivity contribution in [3.05, 3.63) is 5.89 Å². The van der Waals surface area contributed by atoms with Gasteiger partial charge in [-0.05, 0) is 18.6 Å². The zero-order valence-electron chi connectivity index (χ0n) is 11.7. The summed E-state index contributed by atoms with van der Waals surface area (Å²) in [6.45, 7) is 2.90. The maximum Gasteiger partial charge on any atom is 0.318 e. The normalized spacial score (nSPS) is 30.9. The van der Waals surface area contributed by atoms with E-state index in [-0.39, 0.29) is 6.04 Å². The summed E-state index contributed by atoms with van der Waals surface area (Å²) in [5.74, 6) is 2.95. The van der Waals surface area contributed by atoms with Crippen LogP contribution in [-0.4, -0.2) is 53.0 Å². The van der Waals surface area contributed by atoms with Gasteiger partial charge in [0.15, 0.2) is 0 Å². The van der Waals surface area contributed by atoms with E-state index in [9.17, 15) is 4.39 Å². The first-order valence-corrected chi connectivity index (χ1v) is 8.40. The number of halogens is 1. The molecule has 2 fully saturated rings. The first-order valence-electron chi connectivity index (χ1n) is 7.24. The van der Waals surface area contributed by atoms with Gasteiger partial charge in [-0.25, -0.2) is 4.39 Å². The molecule has 0 aliphatic carbocycles. The van der Waals surface area contributed by atoms with E-state index in [0.29, 0.717) is 30.9 Å². The summed E-state index contributed by atoms with van der Waals surface area (Å²) in [7, 11) is 0.